The van der Waals surface area contributed by atoms with Gasteiger partial charge in [-0.2, -0.15) is 5.26 Å². The van der Waals surface area contributed by atoms with Gasteiger partial charge in [-0.3, -0.25) is 0 Å². The number of aromatic nitrogens is 1. The van der Waals surface area contributed by atoms with E-state index in [1.807, 2.05) is 12.1 Å². The molecule has 0 saturated carbocycles. The van der Waals surface area contributed by atoms with Crippen molar-refractivity contribution in [3.8, 4) is 11.8 Å². The molecule has 3 heteroatoms. The van der Waals surface area contributed by atoms with Gasteiger partial charge in [-0.25, -0.2) is 4.98 Å². The first kappa shape index (κ1) is 11.7. The Balaban J connectivity index is 1.91. The van der Waals surface area contributed by atoms with Crippen molar-refractivity contribution in [2.45, 2.75) is 25.4 Å². The minimum Gasteiger partial charge on any atom is -0.483 e. The molecule has 0 radical (unpaired) electrons. The maximum atomic E-state index is 9.05. The van der Waals surface area contributed by atoms with Crippen LogP contribution in [0.4, 0.5) is 0 Å². The molecular formula is C16H14N2O. The van der Waals surface area contributed by atoms with Crippen LogP contribution in [0.2, 0.25) is 0 Å². The Morgan fingerprint density at radius 3 is 3.00 bits per heavy atom. The number of nitrogens with zero attached hydrogens (tertiary/aromatic N) is 2. The summed E-state index contributed by atoms with van der Waals surface area (Å²) in [6, 6.07) is 14.0. The van der Waals surface area contributed by atoms with Gasteiger partial charge in [-0.15, -0.1) is 0 Å². The number of nitriles is 1. The van der Waals surface area contributed by atoms with E-state index in [9.17, 15) is 0 Å². The Hall–Kier alpha value is -2.34. The van der Waals surface area contributed by atoms with Gasteiger partial charge in [0.05, 0.1) is 0 Å². The van der Waals surface area contributed by atoms with Gasteiger partial charge in [0.15, 0.2) is 11.4 Å². The van der Waals surface area contributed by atoms with Gasteiger partial charge in [0.1, 0.15) is 12.2 Å². The molecule has 1 aromatic carbocycles. The summed E-state index contributed by atoms with van der Waals surface area (Å²) in [6.45, 7) is 0. The Labute approximate surface area is 112 Å². The third kappa shape index (κ3) is 2.30. The monoisotopic (exact) mass is 250 g/mol. The van der Waals surface area contributed by atoms with Crippen LogP contribution in [0.15, 0.2) is 42.6 Å². The van der Waals surface area contributed by atoms with Gasteiger partial charge in [-0.05, 0) is 42.5 Å². The normalized spacial score (nSPS) is 17.3. The van der Waals surface area contributed by atoms with Crippen LogP contribution in [0.5, 0.6) is 5.75 Å². The molecule has 0 aliphatic heterocycles. The highest BCUT2D eigenvalue weighted by atomic mass is 16.5. The average molecular weight is 250 g/mol. The summed E-state index contributed by atoms with van der Waals surface area (Å²) in [6.07, 6.45) is 4.84. The molecule has 3 rings (SSSR count). The first-order valence-corrected chi connectivity index (χ1v) is 6.48. The topological polar surface area (TPSA) is 45.9 Å². The smallest absolute Gasteiger partial charge is 0.182 e. The number of ether oxygens (including phenoxy) is 1. The zero-order chi connectivity index (χ0) is 13.1. The van der Waals surface area contributed by atoms with Crippen LogP contribution in [-0.2, 0) is 6.42 Å². The number of pyridine rings is 1. The highest BCUT2D eigenvalue weighted by Crippen LogP contribution is 2.34. The van der Waals surface area contributed by atoms with Crippen molar-refractivity contribution in [1.82, 2.24) is 4.98 Å². The van der Waals surface area contributed by atoms with E-state index in [4.69, 9.17) is 10.00 Å². The highest BCUT2D eigenvalue weighted by Gasteiger charge is 2.22. The summed E-state index contributed by atoms with van der Waals surface area (Å²) in [7, 11) is 0. The second kappa shape index (κ2) is 5.11. The third-order valence-electron chi connectivity index (χ3n) is 3.46. The van der Waals surface area contributed by atoms with E-state index in [-0.39, 0.29) is 6.10 Å². The first-order chi connectivity index (χ1) is 9.38. The van der Waals surface area contributed by atoms with Crippen molar-refractivity contribution in [2.75, 3.05) is 0 Å². The molecular weight excluding hydrogens is 236 g/mol. The van der Waals surface area contributed by atoms with Crippen LogP contribution in [0.1, 0.15) is 35.8 Å². The van der Waals surface area contributed by atoms with Crippen LogP contribution >= 0.6 is 0 Å². The summed E-state index contributed by atoms with van der Waals surface area (Å²) in [5, 5.41) is 9.05. The minimum atomic E-state index is 0.0289. The van der Waals surface area contributed by atoms with Gasteiger partial charge in [0.2, 0.25) is 0 Å². The largest absolute Gasteiger partial charge is 0.483 e. The minimum absolute atomic E-state index is 0.0289. The summed E-state index contributed by atoms with van der Waals surface area (Å²) in [4.78, 5) is 4.03. The Bertz CT molecular complexity index is 631. The molecule has 0 saturated heterocycles. The van der Waals surface area contributed by atoms with Crippen molar-refractivity contribution < 1.29 is 4.74 Å². The number of benzene rings is 1. The number of hydrogen-bond donors (Lipinski definition) is 0. The van der Waals surface area contributed by atoms with Crippen molar-refractivity contribution in [3.05, 3.63) is 59.4 Å². The molecule has 0 fully saturated rings. The van der Waals surface area contributed by atoms with Gasteiger partial charge in [-0.1, -0.05) is 24.3 Å². The SMILES string of the molecule is N#Cc1ncccc1OC1CCCc2ccccc21. The Morgan fingerprint density at radius 2 is 2.11 bits per heavy atom. The predicted octanol–water partition coefficient (Wildman–Crippen LogP) is 3.41. The maximum Gasteiger partial charge on any atom is 0.182 e. The molecule has 19 heavy (non-hydrogen) atoms. The van der Waals surface area contributed by atoms with Crippen molar-refractivity contribution in [3.63, 3.8) is 0 Å². The number of hydrogen-bond acceptors (Lipinski definition) is 3. The second-order valence-corrected chi connectivity index (χ2v) is 4.66. The maximum absolute atomic E-state index is 9.05. The Kier molecular flexibility index (Phi) is 3.16. The van der Waals surface area contributed by atoms with Crippen LogP contribution in [0, 0.1) is 11.3 Å². The summed E-state index contributed by atoms with van der Waals surface area (Å²) in [5.41, 5.74) is 2.94. The molecule has 1 aliphatic rings. The van der Waals surface area contributed by atoms with Gasteiger partial charge in [0, 0.05) is 6.20 Å². The lowest BCUT2D eigenvalue weighted by Gasteiger charge is -2.26. The van der Waals surface area contributed by atoms with E-state index in [2.05, 4.69) is 29.3 Å². The molecule has 0 N–H and O–H groups in total. The van der Waals surface area contributed by atoms with Crippen molar-refractivity contribution in [1.29, 1.82) is 5.26 Å². The quantitative estimate of drug-likeness (QED) is 0.820. The fraction of sp³-hybridized carbons (Fsp3) is 0.250. The van der Waals surface area contributed by atoms with E-state index in [1.54, 1.807) is 12.3 Å². The van der Waals surface area contributed by atoms with Crippen molar-refractivity contribution >= 4 is 0 Å². The standard InChI is InChI=1S/C16H14N2O/c17-11-14-16(9-4-10-18-14)19-15-8-3-6-12-5-1-2-7-13(12)15/h1-2,4-5,7,9-10,15H,3,6,8H2. The second-order valence-electron chi connectivity index (χ2n) is 4.66. The molecule has 1 aromatic heterocycles. The molecule has 3 nitrogen and oxygen atoms in total. The molecule has 2 aromatic rings. The summed E-state index contributed by atoms with van der Waals surface area (Å²) in [5.74, 6) is 0.576. The Morgan fingerprint density at radius 1 is 1.21 bits per heavy atom. The zero-order valence-electron chi connectivity index (χ0n) is 10.5. The molecule has 1 aliphatic carbocycles. The predicted molar refractivity (Wildman–Crippen MR) is 71.7 cm³/mol. The van der Waals surface area contributed by atoms with Crippen LogP contribution in [-0.4, -0.2) is 4.98 Å². The van der Waals surface area contributed by atoms with Gasteiger partial charge >= 0.3 is 0 Å². The molecule has 94 valence electrons. The number of rotatable bonds is 2. The first-order valence-electron chi connectivity index (χ1n) is 6.48. The molecule has 1 heterocycles. The summed E-state index contributed by atoms with van der Waals surface area (Å²) >= 11 is 0. The van der Waals surface area contributed by atoms with Crippen LogP contribution in [0.3, 0.4) is 0 Å². The lowest BCUT2D eigenvalue weighted by atomic mass is 9.89. The van der Waals surface area contributed by atoms with E-state index >= 15 is 0 Å². The molecule has 0 bridgehead atoms. The van der Waals surface area contributed by atoms with E-state index in [0.717, 1.165) is 19.3 Å². The van der Waals surface area contributed by atoms with E-state index in [0.29, 0.717) is 11.4 Å². The van der Waals surface area contributed by atoms with Crippen molar-refractivity contribution in [2.24, 2.45) is 0 Å². The highest BCUT2D eigenvalue weighted by molar-refractivity contribution is 5.38. The summed E-state index contributed by atoms with van der Waals surface area (Å²) < 4.78 is 6.02. The van der Waals surface area contributed by atoms with Gasteiger partial charge in [0.25, 0.3) is 0 Å². The number of aryl methyl sites for hydroxylation is 1. The van der Waals surface area contributed by atoms with Crippen LogP contribution in [0.25, 0.3) is 0 Å². The zero-order valence-corrected chi connectivity index (χ0v) is 10.5. The lowest BCUT2D eigenvalue weighted by molar-refractivity contribution is 0.182. The van der Waals surface area contributed by atoms with Crippen LogP contribution < -0.4 is 4.74 Å². The molecule has 1 atom stereocenters. The fourth-order valence-electron chi connectivity index (χ4n) is 2.55. The average Bonchev–Trinajstić information content (AvgIpc) is 2.48. The molecule has 0 spiro atoms. The van der Waals surface area contributed by atoms with E-state index < -0.39 is 0 Å². The van der Waals surface area contributed by atoms with Gasteiger partial charge < -0.3 is 4.74 Å². The fourth-order valence-corrected chi connectivity index (χ4v) is 2.55. The lowest BCUT2D eigenvalue weighted by Crippen LogP contribution is -2.15. The molecule has 1 unspecified atom stereocenters. The third-order valence-corrected chi connectivity index (χ3v) is 3.46. The number of fused-ring (bicyclic) bond motifs is 1. The van der Waals surface area contributed by atoms with E-state index in [1.165, 1.54) is 11.1 Å². The molecule has 0 amide bonds.